The van der Waals surface area contributed by atoms with E-state index in [0.717, 1.165) is 49.2 Å². The zero-order valence-corrected chi connectivity index (χ0v) is 14.6. The van der Waals surface area contributed by atoms with Crippen molar-refractivity contribution < 1.29 is 4.52 Å². The molecule has 1 aliphatic rings. The maximum absolute atomic E-state index is 5.27. The summed E-state index contributed by atoms with van der Waals surface area (Å²) in [6.45, 7) is 13.0. The fraction of sp³-hybridized carbons (Fsp3) is 0.588. The second-order valence-corrected chi connectivity index (χ2v) is 6.62. The molecule has 0 atom stereocenters. The van der Waals surface area contributed by atoms with Crippen molar-refractivity contribution >= 4 is 5.95 Å². The maximum atomic E-state index is 5.27. The molecule has 6 heteroatoms. The molecule has 23 heavy (non-hydrogen) atoms. The van der Waals surface area contributed by atoms with E-state index in [9.17, 15) is 0 Å². The lowest BCUT2D eigenvalue weighted by molar-refractivity contribution is 0.240. The molecule has 0 spiro atoms. The summed E-state index contributed by atoms with van der Waals surface area (Å²) in [6.07, 6.45) is 0.953. The fourth-order valence-electron chi connectivity index (χ4n) is 3.04. The standard InChI is InChI=1S/C17H25N5O/c1-10(2)18-17-19-11(3)15-9-22(7-6-16(15)20-17)8-14-12(4)21-23-13(14)5/h10H,6-9H2,1-5H3,(H,18,19,20). The molecule has 0 bridgehead atoms. The maximum Gasteiger partial charge on any atom is 0.223 e. The van der Waals surface area contributed by atoms with Crippen LogP contribution in [0.1, 0.15) is 47.8 Å². The summed E-state index contributed by atoms with van der Waals surface area (Å²) in [7, 11) is 0. The summed E-state index contributed by atoms with van der Waals surface area (Å²) in [6, 6.07) is 0.340. The van der Waals surface area contributed by atoms with Crippen LogP contribution in [0.5, 0.6) is 0 Å². The van der Waals surface area contributed by atoms with Crippen molar-refractivity contribution in [1.29, 1.82) is 0 Å². The molecule has 124 valence electrons. The molecule has 0 unspecified atom stereocenters. The van der Waals surface area contributed by atoms with E-state index in [1.54, 1.807) is 0 Å². The first-order valence-electron chi connectivity index (χ1n) is 8.21. The molecule has 0 aromatic carbocycles. The number of anilines is 1. The van der Waals surface area contributed by atoms with Gasteiger partial charge in [-0.05, 0) is 34.6 Å². The molecule has 1 aliphatic heterocycles. The zero-order chi connectivity index (χ0) is 16.6. The second kappa shape index (κ2) is 6.28. The Balaban J connectivity index is 1.78. The van der Waals surface area contributed by atoms with E-state index in [2.05, 4.69) is 41.1 Å². The number of nitrogens with zero attached hydrogens (tertiary/aromatic N) is 4. The summed E-state index contributed by atoms with van der Waals surface area (Å²) in [5.74, 6) is 1.66. The molecule has 2 aromatic rings. The highest BCUT2D eigenvalue weighted by Gasteiger charge is 2.23. The molecule has 0 amide bonds. The van der Waals surface area contributed by atoms with Crippen LogP contribution in [0, 0.1) is 20.8 Å². The van der Waals surface area contributed by atoms with Gasteiger partial charge in [-0.15, -0.1) is 0 Å². The average molecular weight is 315 g/mol. The lowest BCUT2D eigenvalue weighted by atomic mass is 10.0. The Kier molecular flexibility index (Phi) is 4.35. The molecule has 0 fully saturated rings. The molecule has 0 radical (unpaired) electrons. The number of aryl methyl sites for hydroxylation is 3. The summed E-state index contributed by atoms with van der Waals surface area (Å²) >= 11 is 0. The van der Waals surface area contributed by atoms with E-state index < -0.39 is 0 Å². The SMILES string of the molecule is Cc1nc(NC(C)C)nc2c1CN(Cc1c(C)noc1C)CC2. The molecule has 0 saturated heterocycles. The van der Waals surface area contributed by atoms with Crippen LogP contribution in [-0.4, -0.2) is 32.6 Å². The molecular formula is C17H25N5O. The van der Waals surface area contributed by atoms with E-state index >= 15 is 0 Å². The van der Waals surface area contributed by atoms with Crippen molar-refractivity contribution in [3.05, 3.63) is 34.0 Å². The summed E-state index contributed by atoms with van der Waals surface area (Å²) in [4.78, 5) is 11.7. The molecule has 3 heterocycles. The Morgan fingerprint density at radius 2 is 1.96 bits per heavy atom. The summed E-state index contributed by atoms with van der Waals surface area (Å²) in [5, 5.41) is 7.35. The zero-order valence-electron chi connectivity index (χ0n) is 14.6. The molecular weight excluding hydrogens is 290 g/mol. The Morgan fingerprint density at radius 3 is 2.61 bits per heavy atom. The minimum atomic E-state index is 0.340. The van der Waals surface area contributed by atoms with Crippen LogP contribution >= 0.6 is 0 Å². The van der Waals surface area contributed by atoms with Crippen LogP contribution in [0.3, 0.4) is 0 Å². The summed E-state index contributed by atoms with van der Waals surface area (Å²) in [5.41, 5.74) is 5.69. The molecule has 1 N–H and O–H groups in total. The predicted octanol–water partition coefficient (Wildman–Crippen LogP) is 2.77. The summed E-state index contributed by atoms with van der Waals surface area (Å²) < 4.78 is 5.27. The number of hydrogen-bond acceptors (Lipinski definition) is 6. The molecule has 6 nitrogen and oxygen atoms in total. The molecule has 0 aliphatic carbocycles. The van der Waals surface area contributed by atoms with Crippen molar-refractivity contribution in [2.24, 2.45) is 0 Å². The minimum absolute atomic E-state index is 0.340. The van der Waals surface area contributed by atoms with Gasteiger partial charge in [0.2, 0.25) is 5.95 Å². The van der Waals surface area contributed by atoms with Crippen LogP contribution in [-0.2, 0) is 19.5 Å². The lowest BCUT2D eigenvalue weighted by Gasteiger charge is -2.29. The van der Waals surface area contributed by atoms with E-state index in [-0.39, 0.29) is 0 Å². The Labute approximate surface area is 137 Å². The average Bonchev–Trinajstić information content (AvgIpc) is 2.79. The van der Waals surface area contributed by atoms with Crippen LogP contribution in [0.4, 0.5) is 5.95 Å². The van der Waals surface area contributed by atoms with Gasteiger partial charge in [0.25, 0.3) is 0 Å². The predicted molar refractivity (Wildman–Crippen MR) is 89.3 cm³/mol. The highest BCUT2D eigenvalue weighted by atomic mass is 16.5. The van der Waals surface area contributed by atoms with Crippen molar-refractivity contribution in [3.8, 4) is 0 Å². The van der Waals surface area contributed by atoms with Gasteiger partial charge in [0, 0.05) is 48.9 Å². The van der Waals surface area contributed by atoms with Crippen LogP contribution in [0.2, 0.25) is 0 Å². The van der Waals surface area contributed by atoms with Gasteiger partial charge in [-0.2, -0.15) is 0 Å². The largest absolute Gasteiger partial charge is 0.361 e. The quantitative estimate of drug-likeness (QED) is 0.936. The Hall–Kier alpha value is -1.95. The lowest BCUT2D eigenvalue weighted by Crippen LogP contribution is -2.32. The molecule has 0 saturated carbocycles. The minimum Gasteiger partial charge on any atom is -0.361 e. The Morgan fingerprint density at radius 1 is 1.17 bits per heavy atom. The van der Waals surface area contributed by atoms with Gasteiger partial charge in [-0.25, -0.2) is 9.97 Å². The fourth-order valence-corrected chi connectivity index (χ4v) is 3.04. The number of fused-ring (bicyclic) bond motifs is 1. The first-order valence-corrected chi connectivity index (χ1v) is 8.21. The van der Waals surface area contributed by atoms with E-state index in [0.29, 0.717) is 6.04 Å². The monoisotopic (exact) mass is 315 g/mol. The van der Waals surface area contributed by atoms with E-state index in [4.69, 9.17) is 9.51 Å². The van der Waals surface area contributed by atoms with Gasteiger partial charge >= 0.3 is 0 Å². The number of nitrogens with one attached hydrogen (secondary N) is 1. The van der Waals surface area contributed by atoms with Gasteiger partial charge in [-0.3, -0.25) is 4.90 Å². The van der Waals surface area contributed by atoms with Crippen LogP contribution in [0.25, 0.3) is 0 Å². The normalized spacial score (nSPS) is 15.0. The van der Waals surface area contributed by atoms with Gasteiger partial charge < -0.3 is 9.84 Å². The highest BCUT2D eigenvalue weighted by Crippen LogP contribution is 2.24. The van der Waals surface area contributed by atoms with Crippen molar-refractivity contribution in [2.75, 3.05) is 11.9 Å². The van der Waals surface area contributed by atoms with Gasteiger partial charge in [-0.1, -0.05) is 5.16 Å². The van der Waals surface area contributed by atoms with Crippen molar-refractivity contribution in [1.82, 2.24) is 20.0 Å². The Bertz CT molecular complexity index is 688. The van der Waals surface area contributed by atoms with E-state index in [1.807, 2.05) is 13.8 Å². The number of rotatable bonds is 4. The van der Waals surface area contributed by atoms with Crippen LogP contribution < -0.4 is 5.32 Å². The first kappa shape index (κ1) is 15.9. The van der Waals surface area contributed by atoms with Crippen LogP contribution in [0.15, 0.2) is 4.52 Å². The highest BCUT2D eigenvalue weighted by molar-refractivity contribution is 5.36. The smallest absolute Gasteiger partial charge is 0.223 e. The third kappa shape index (κ3) is 3.37. The first-order chi connectivity index (χ1) is 10.9. The topological polar surface area (TPSA) is 67.1 Å². The van der Waals surface area contributed by atoms with E-state index in [1.165, 1.54) is 16.8 Å². The second-order valence-electron chi connectivity index (χ2n) is 6.62. The molecule has 2 aromatic heterocycles. The third-order valence-corrected chi connectivity index (χ3v) is 4.33. The third-order valence-electron chi connectivity index (χ3n) is 4.33. The van der Waals surface area contributed by atoms with Gasteiger partial charge in [0.15, 0.2) is 0 Å². The van der Waals surface area contributed by atoms with Crippen molar-refractivity contribution in [3.63, 3.8) is 0 Å². The van der Waals surface area contributed by atoms with Gasteiger partial charge in [0.1, 0.15) is 5.76 Å². The molecule has 3 rings (SSSR count). The van der Waals surface area contributed by atoms with Crippen molar-refractivity contribution in [2.45, 2.75) is 60.2 Å². The number of aromatic nitrogens is 3. The number of hydrogen-bond donors (Lipinski definition) is 1. The van der Waals surface area contributed by atoms with Gasteiger partial charge in [0.05, 0.1) is 11.4 Å².